The van der Waals surface area contributed by atoms with Gasteiger partial charge in [-0.1, -0.05) is 48.5 Å². The Labute approximate surface area is 122 Å². The van der Waals surface area contributed by atoms with Gasteiger partial charge in [-0.05, 0) is 17.7 Å². The van der Waals surface area contributed by atoms with E-state index in [1.165, 1.54) is 16.9 Å². The number of hydrogen-bond acceptors (Lipinski definition) is 2. The van der Waals surface area contributed by atoms with Crippen molar-refractivity contribution in [2.45, 2.75) is 6.42 Å². The van der Waals surface area contributed by atoms with Crippen LogP contribution in [0.4, 0.5) is 0 Å². The second-order valence-corrected chi connectivity index (χ2v) is 5.40. The van der Waals surface area contributed by atoms with Crippen molar-refractivity contribution < 1.29 is 0 Å². The van der Waals surface area contributed by atoms with Crippen molar-refractivity contribution in [2.75, 3.05) is 7.05 Å². The Bertz CT molecular complexity index is 739. The summed E-state index contributed by atoms with van der Waals surface area (Å²) in [7, 11) is 1.84. The fourth-order valence-electron chi connectivity index (χ4n) is 2.28. The first-order chi connectivity index (χ1) is 9.88. The number of para-hydroxylation sites is 1. The third-order valence-corrected chi connectivity index (χ3v) is 4.18. The van der Waals surface area contributed by atoms with Crippen LogP contribution >= 0.6 is 11.3 Å². The minimum absolute atomic E-state index is 0.918. The molecule has 0 N–H and O–H groups in total. The third-order valence-electron chi connectivity index (χ3n) is 3.21. The number of benzene rings is 2. The molecule has 100 valence electrons. The zero-order valence-electron chi connectivity index (χ0n) is 11.4. The Balaban J connectivity index is 2.07. The van der Waals surface area contributed by atoms with Crippen molar-refractivity contribution in [3.63, 3.8) is 0 Å². The van der Waals surface area contributed by atoms with Gasteiger partial charge in [0.05, 0.1) is 0 Å². The van der Waals surface area contributed by atoms with E-state index in [0.717, 1.165) is 11.2 Å². The molecule has 0 aliphatic carbocycles. The Morgan fingerprint density at radius 2 is 1.60 bits per heavy atom. The molecule has 0 atom stereocenters. The fourth-order valence-corrected chi connectivity index (χ4v) is 3.14. The molecular weight excluding hydrogens is 264 g/mol. The van der Waals surface area contributed by atoms with Gasteiger partial charge < -0.3 is 0 Å². The summed E-state index contributed by atoms with van der Waals surface area (Å²) in [6.07, 6.45) is 0.918. The molecular formula is C17H16N2S. The summed E-state index contributed by atoms with van der Waals surface area (Å²) in [5.74, 6) is 0. The SMILES string of the molecule is CN=c1scc(Cc2ccccc2)n1-c1ccccc1. The van der Waals surface area contributed by atoms with Crippen LogP contribution in [0.5, 0.6) is 0 Å². The molecule has 0 spiro atoms. The van der Waals surface area contributed by atoms with Crippen LogP contribution in [0.2, 0.25) is 0 Å². The first-order valence-corrected chi connectivity index (χ1v) is 7.48. The molecule has 0 aliphatic heterocycles. The highest BCUT2D eigenvalue weighted by atomic mass is 32.1. The van der Waals surface area contributed by atoms with E-state index in [2.05, 4.69) is 69.5 Å². The van der Waals surface area contributed by atoms with E-state index in [1.807, 2.05) is 13.1 Å². The normalized spacial score (nSPS) is 11.8. The minimum Gasteiger partial charge on any atom is -0.289 e. The molecule has 3 heteroatoms. The van der Waals surface area contributed by atoms with Gasteiger partial charge in [0.25, 0.3) is 0 Å². The minimum atomic E-state index is 0.918. The molecule has 1 aromatic heterocycles. The van der Waals surface area contributed by atoms with Gasteiger partial charge in [-0.25, -0.2) is 0 Å². The predicted molar refractivity (Wildman–Crippen MR) is 84.4 cm³/mol. The van der Waals surface area contributed by atoms with Crippen molar-refractivity contribution in [1.82, 2.24) is 4.57 Å². The first kappa shape index (κ1) is 12.9. The van der Waals surface area contributed by atoms with Crippen LogP contribution < -0.4 is 4.80 Å². The van der Waals surface area contributed by atoms with Gasteiger partial charge in [0.2, 0.25) is 0 Å². The molecule has 0 radical (unpaired) electrons. The number of hydrogen-bond donors (Lipinski definition) is 0. The zero-order valence-corrected chi connectivity index (χ0v) is 12.2. The molecule has 2 aromatic carbocycles. The molecule has 0 saturated carbocycles. The summed E-state index contributed by atoms with van der Waals surface area (Å²) in [6.45, 7) is 0. The molecule has 0 saturated heterocycles. The zero-order chi connectivity index (χ0) is 13.8. The van der Waals surface area contributed by atoms with Crippen LogP contribution in [0.1, 0.15) is 11.3 Å². The van der Waals surface area contributed by atoms with E-state index >= 15 is 0 Å². The standard InChI is InChI=1S/C17H16N2S/c1-18-17-19(15-10-6-3-7-11-15)16(13-20-17)12-14-8-4-2-5-9-14/h2-11,13H,12H2,1H3. The van der Waals surface area contributed by atoms with Crippen LogP contribution in [0, 0.1) is 0 Å². The summed E-state index contributed by atoms with van der Waals surface area (Å²) in [5.41, 5.74) is 3.76. The van der Waals surface area contributed by atoms with Gasteiger partial charge in [0.15, 0.2) is 4.80 Å². The topological polar surface area (TPSA) is 17.3 Å². The Morgan fingerprint density at radius 1 is 0.950 bits per heavy atom. The van der Waals surface area contributed by atoms with Crippen LogP contribution in [0.15, 0.2) is 71.0 Å². The van der Waals surface area contributed by atoms with Gasteiger partial charge in [0, 0.05) is 30.2 Å². The smallest absolute Gasteiger partial charge is 0.189 e. The summed E-state index contributed by atoms with van der Waals surface area (Å²) in [5, 5.41) is 2.20. The van der Waals surface area contributed by atoms with E-state index in [4.69, 9.17) is 0 Å². The lowest BCUT2D eigenvalue weighted by molar-refractivity contribution is 0.906. The molecule has 0 amide bonds. The van der Waals surface area contributed by atoms with Crippen LogP contribution in [0.3, 0.4) is 0 Å². The summed E-state index contributed by atoms with van der Waals surface area (Å²) in [4.78, 5) is 5.42. The summed E-state index contributed by atoms with van der Waals surface area (Å²) in [6, 6.07) is 20.9. The third kappa shape index (κ3) is 2.58. The molecule has 0 unspecified atom stereocenters. The van der Waals surface area contributed by atoms with Crippen molar-refractivity contribution in [1.29, 1.82) is 0 Å². The molecule has 0 bridgehead atoms. The van der Waals surface area contributed by atoms with Crippen molar-refractivity contribution >= 4 is 11.3 Å². The maximum absolute atomic E-state index is 4.39. The number of rotatable bonds is 3. The Morgan fingerprint density at radius 3 is 2.25 bits per heavy atom. The number of thiazole rings is 1. The fraction of sp³-hybridized carbons (Fsp3) is 0.118. The Kier molecular flexibility index (Phi) is 3.79. The van der Waals surface area contributed by atoms with Crippen LogP contribution in [-0.2, 0) is 6.42 Å². The second-order valence-electron chi connectivity index (χ2n) is 4.57. The number of nitrogens with zero attached hydrogens (tertiary/aromatic N) is 2. The monoisotopic (exact) mass is 280 g/mol. The molecule has 2 nitrogen and oxygen atoms in total. The Hall–Kier alpha value is -2.13. The summed E-state index contributed by atoms with van der Waals surface area (Å²) >= 11 is 1.69. The summed E-state index contributed by atoms with van der Waals surface area (Å²) < 4.78 is 2.23. The van der Waals surface area contributed by atoms with E-state index in [9.17, 15) is 0 Å². The highest BCUT2D eigenvalue weighted by Crippen LogP contribution is 2.15. The predicted octanol–water partition coefficient (Wildman–Crippen LogP) is 3.66. The van der Waals surface area contributed by atoms with Gasteiger partial charge in [-0.3, -0.25) is 9.56 Å². The van der Waals surface area contributed by atoms with Gasteiger partial charge in [-0.2, -0.15) is 0 Å². The average molecular weight is 280 g/mol. The van der Waals surface area contributed by atoms with Crippen LogP contribution in [0.25, 0.3) is 5.69 Å². The van der Waals surface area contributed by atoms with E-state index < -0.39 is 0 Å². The maximum Gasteiger partial charge on any atom is 0.189 e. The lowest BCUT2D eigenvalue weighted by Gasteiger charge is -2.09. The number of aromatic nitrogens is 1. The highest BCUT2D eigenvalue weighted by molar-refractivity contribution is 7.07. The molecule has 3 rings (SSSR count). The lowest BCUT2D eigenvalue weighted by Crippen LogP contribution is -2.15. The van der Waals surface area contributed by atoms with Gasteiger partial charge >= 0.3 is 0 Å². The van der Waals surface area contributed by atoms with E-state index in [1.54, 1.807) is 11.3 Å². The highest BCUT2D eigenvalue weighted by Gasteiger charge is 2.07. The van der Waals surface area contributed by atoms with E-state index in [0.29, 0.717) is 0 Å². The van der Waals surface area contributed by atoms with Crippen molar-refractivity contribution in [3.8, 4) is 5.69 Å². The first-order valence-electron chi connectivity index (χ1n) is 6.60. The van der Waals surface area contributed by atoms with Crippen LogP contribution in [-0.4, -0.2) is 11.6 Å². The molecule has 0 fully saturated rings. The molecule has 20 heavy (non-hydrogen) atoms. The molecule has 0 aliphatic rings. The van der Waals surface area contributed by atoms with Crippen molar-refractivity contribution in [3.05, 3.63) is 82.1 Å². The van der Waals surface area contributed by atoms with Crippen molar-refractivity contribution in [2.24, 2.45) is 4.99 Å². The quantitative estimate of drug-likeness (QED) is 0.696. The second kappa shape index (κ2) is 5.88. The average Bonchev–Trinajstić information content (AvgIpc) is 2.92. The molecule has 3 aromatic rings. The van der Waals surface area contributed by atoms with Gasteiger partial charge in [-0.15, -0.1) is 11.3 Å². The molecule has 1 heterocycles. The largest absolute Gasteiger partial charge is 0.289 e. The van der Waals surface area contributed by atoms with E-state index in [-0.39, 0.29) is 0 Å². The lowest BCUT2D eigenvalue weighted by atomic mass is 10.1. The van der Waals surface area contributed by atoms with Gasteiger partial charge in [0.1, 0.15) is 0 Å². The maximum atomic E-state index is 4.39.